The summed E-state index contributed by atoms with van der Waals surface area (Å²) in [5.41, 5.74) is 0.695. The number of methoxy groups -OCH3 is 1. The smallest absolute Gasteiger partial charge is 0.322 e. The molecule has 2 aliphatic heterocycles. The Labute approximate surface area is 137 Å². The van der Waals surface area contributed by atoms with Gasteiger partial charge >= 0.3 is 6.03 Å². The second-order valence-corrected chi connectivity index (χ2v) is 6.25. The molecule has 0 aromatic heterocycles. The zero-order valence-corrected chi connectivity index (χ0v) is 13.6. The molecule has 1 aromatic rings. The average Bonchev–Trinajstić information content (AvgIpc) is 2.54. The van der Waals surface area contributed by atoms with Crippen LogP contribution in [0.2, 0.25) is 0 Å². The number of para-hydroxylation sites is 2. The number of nitrogens with one attached hydrogen (secondary N) is 1. The highest BCUT2D eigenvalue weighted by Crippen LogP contribution is 2.29. The summed E-state index contributed by atoms with van der Waals surface area (Å²) in [6, 6.07) is 8.01. The van der Waals surface area contributed by atoms with Gasteiger partial charge in [-0.2, -0.15) is 0 Å². The average molecular weight is 319 g/mol. The van der Waals surface area contributed by atoms with Crippen LogP contribution in [0.4, 0.5) is 10.5 Å². The quantitative estimate of drug-likeness (QED) is 0.891. The van der Waals surface area contributed by atoms with Crippen LogP contribution in [0.25, 0.3) is 0 Å². The Hall–Kier alpha value is -1.79. The van der Waals surface area contributed by atoms with Crippen LogP contribution in [0.3, 0.4) is 0 Å². The van der Waals surface area contributed by atoms with Gasteiger partial charge in [0.05, 0.1) is 19.4 Å². The molecule has 2 atom stereocenters. The van der Waals surface area contributed by atoms with Crippen LogP contribution in [0.15, 0.2) is 24.3 Å². The molecule has 2 saturated heterocycles. The number of carbonyl (C=O) groups is 1. The molecule has 2 fully saturated rings. The molecular formula is C17H25N3O3. The number of carbonyl (C=O) groups excluding carboxylic acids is 1. The SMILES string of the molecule is COc1ccccc1NC(=O)N1CCCCN2[C@H](CO)C[C@@H]2C1. The van der Waals surface area contributed by atoms with E-state index in [1.807, 2.05) is 29.2 Å². The Balaban J connectivity index is 1.64. The first-order chi connectivity index (χ1) is 11.2. The topological polar surface area (TPSA) is 65.0 Å². The molecular weight excluding hydrogens is 294 g/mol. The number of aliphatic hydroxyl groups is 1. The Morgan fingerprint density at radius 2 is 2.13 bits per heavy atom. The monoisotopic (exact) mass is 319 g/mol. The summed E-state index contributed by atoms with van der Waals surface area (Å²) >= 11 is 0. The largest absolute Gasteiger partial charge is 0.495 e. The molecule has 0 bridgehead atoms. The number of rotatable bonds is 3. The van der Waals surface area contributed by atoms with Gasteiger partial charge in [-0.15, -0.1) is 0 Å². The molecule has 0 spiro atoms. The van der Waals surface area contributed by atoms with Crippen molar-refractivity contribution in [2.24, 2.45) is 0 Å². The first kappa shape index (κ1) is 16.1. The molecule has 3 rings (SSSR count). The molecule has 2 aliphatic rings. The number of anilines is 1. The number of hydrogen-bond acceptors (Lipinski definition) is 4. The zero-order valence-electron chi connectivity index (χ0n) is 13.6. The molecule has 2 amide bonds. The molecule has 126 valence electrons. The van der Waals surface area contributed by atoms with Crippen LogP contribution in [0.5, 0.6) is 5.75 Å². The fraction of sp³-hybridized carbons (Fsp3) is 0.588. The summed E-state index contributed by atoms with van der Waals surface area (Å²) in [4.78, 5) is 16.8. The highest BCUT2D eigenvalue weighted by Gasteiger charge is 2.39. The van der Waals surface area contributed by atoms with Crippen molar-refractivity contribution in [1.29, 1.82) is 0 Å². The summed E-state index contributed by atoms with van der Waals surface area (Å²) < 4.78 is 5.29. The lowest BCUT2D eigenvalue weighted by molar-refractivity contribution is -0.0343. The molecule has 0 radical (unpaired) electrons. The standard InChI is InChI=1S/C17H25N3O3/c1-23-16-7-3-2-6-15(16)18-17(22)19-8-4-5-9-20-13(11-19)10-14(20)12-21/h2-3,6-7,13-14,21H,4-5,8-12H2,1H3,(H,18,22)/t13-,14+/m1/s1. The molecule has 2 N–H and O–H groups in total. The fourth-order valence-corrected chi connectivity index (χ4v) is 3.54. The third-order valence-corrected chi connectivity index (χ3v) is 4.85. The highest BCUT2D eigenvalue weighted by molar-refractivity contribution is 5.91. The van der Waals surface area contributed by atoms with Gasteiger partial charge in [0.1, 0.15) is 5.75 Å². The van der Waals surface area contributed by atoms with E-state index >= 15 is 0 Å². The van der Waals surface area contributed by atoms with E-state index in [-0.39, 0.29) is 18.7 Å². The predicted molar refractivity (Wildman–Crippen MR) is 88.8 cm³/mol. The summed E-state index contributed by atoms with van der Waals surface area (Å²) in [7, 11) is 1.60. The number of benzene rings is 1. The second kappa shape index (κ2) is 7.19. The van der Waals surface area contributed by atoms with Gasteiger partial charge in [0.2, 0.25) is 0 Å². The van der Waals surface area contributed by atoms with Crippen LogP contribution >= 0.6 is 0 Å². The van der Waals surface area contributed by atoms with Crippen molar-refractivity contribution in [1.82, 2.24) is 9.80 Å². The maximum absolute atomic E-state index is 12.6. The van der Waals surface area contributed by atoms with E-state index in [0.29, 0.717) is 17.5 Å². The minimum atomic E-state index is -0.0798. The Kier molecular flexibility index (Phi) is 5.03. The van der Waals surface area contributed by atoms with E-state index < -0.39 is 0 Å². The molecule has 6 nitrogen and oxygen atoms in total. The van der Waals surface area contributed by atoms with Gasteiger partial charge in [-0.05, 0) is 37.9 Å². The van der Waals surface area contributed by atoms with Crippen LogP contribution in [-0.2, 0) is 0 Å². The zero-order chi connectivity index (χ0) is 16.2. The van der Waals surface area contributed by atoms with Crippen molar-refractivity contribution in [3.63, 3.8) is 0 Å². The number of aliphatic hydroxyl groups excluding tert-OH is 1. The number of amides is 2. The maximum atomic E-state index is 12.6. The normalized spacial score (nSPS) is 24.9. The van der Waals surface area contributed by atoms with Gasteiger partial charge in [0.15, 0.2) is 0 Å². The second-order valence-electron chi connectivity index (χ2n) is 6.25. The summed E-state index contributed by atoms with van der Waals surface area (Å²) in [5.74, 6) is 0.665. The molecule has 6 heteroatoms. The van der Waals surface area contributed by atoms with E-state index in [9.17, 15) is 9.90 Å². The lowest BCUT2D eigenvalue weighted by atomic mass is 9.91. The van der Waals surface area contributed by atoms with E-state index in [1.165, 1.54) is 0 Å². The van der Waals surface area contributed by atoms with Crippen molar-refractivity contribution in [2.75, 3.05) is 38.7 Å². The molecule has 0 saturated carbocycles. The number of nitrogens with zero attached hydrogens (tertiary/aromatic N) is 2. The molecule has 2 heterocycles. The first-order valence-electron chi connectivity index (χ1n) is 8.28. The number of fused-ring (bicyclic) bond motifs is 1. The van der Waals surface area contributed by atoms with Crippen molar-refractivity contribution in [3.05, 3.63) is 24.3 Å². The Morgan fingerprint density at radius 1 is 1.35 bits per heavy atom. The van der Waals surface area contributed by atoms with Crippen molar-refractivity contribution < 1.29 is 14.6 Å². The van der Waals surface area contributed by atoms with Gasteiger partial charge in [0, 0.05) is 25.2 Å². The van der Waals surface area contributed by atoms with E-state index in [4.69, 9.17) is 4.74 Å². The Morgan fingerprint density at radius 3 is 2.91 bits per heavy atom. The van der Waals surface area contributed by atoms with Gasteiger partial charge < -0.3 is 20.1 Å². The van der Waals surface area contributed by atoms with E-state index in [1.54, 1.807) is 7.11 Å². The summed E-state index contributed by atoms with van der Waals surface area (Å²) in [6.45, 7) is 2.73. The third kappa shape index (κ3) is 3.43. The minimum Gasteiger partial charge on any atom is -0.495 e. The van der Waals surface area contributed by atoms with Gasteiger partial charge in [-0.25, -0.2) is 4.79 Å². The molecule has 0 unspecified atom stereocenters. The van der Waals surface area contributed by atoms with Crippen LogP contribution in [0, 0.1) is 0 Å². The number of hydrogen-bond donors (Lipinski definition) is 2. The summed E-state index contributed by atoms with van der Waals surface area (Å²) in [6.07, 6.45) is 3.01. The molecule has 1 aromatic carbocycles. The number of urea groups is 1. The van der Waals surface area contributed by atoms with Crippen LogP contribution in [0.1, 0.15) is 19.3 Å². The fourth-order valence-electron chi connectivity index (χ4n) is 3.54. The lowest BCUT2D eigenvalue weighted by Crippen LogP contribution is -2.63. The lowest BCUT2D eigenvalue weighted by Gasteiger charge is -2.50. The van der Waals surface area contributed by atoms with Gasteiger partial charge in [-0.1, -0.05) is 12.1 Å². The highest BCUT2D eigenvalue weighted by atomic mass is 16.5. The van der Waals surface area contributed by atoms with E-state index in [2.05, 4.69) is 10.2 Å². The van der Waals surface area contributed by atoms with Crippen molar-refractivity contribution >= 4 is 11.7 Å². The minimum absolute atomic E-state index is 0.0798. The maximum Gasteiger partial charge on any atom is 0.322 e. The van der Waals surface area contributed by atoms with Crippen molar-refractivity contribution in [3.8, 4) is 5.75 Å². The van der Waals surface area contributed by atoms with Gasteiger partial charge in [-0.3, -0.25) is 4.90 Å². The molecule has 0 aliphatic carbocycles. The van der Waals surface area contributed by atoms with Crippen molar-refractivity contribution in [2.45, 2.75) is 31.3 Å². The van der Waals surface area contributed by atoms with Crippen LogP contribution in [-0.4, -0.2) is 66.4 Å². The van der Waals surface area contributed by atoms with Gasteiger partial charge in [0.25, 0.3) is 0 Å². The van der Waals surface area contributed by atoms with Crippen LogP contribution < -0.4 is 10.1 Å². The third-order valence-electron chi connectivity index (χ3n) is 4.85. The summed E-state index contributed by atoms with van der Waals surface area (Å²) in [5, 5.41) is 12.3. The predicted octanol–water partition coefficient (Wildman–Crippen LogP) is 1.76. The number of ether oxygens (including phenoxy) is 1. The molecule has 23 heavy (non-hydrogen) atoms. The van der Waals surface area contributed by atoms with E-state index in [0.717, 1.165) is 38.9 Å². The first-order valence-corrected chi connectivity index (χ1v) is 8.28. The Bertz CT molecular complexity index is 552.